The third-order valence-electron chi connectivity index (χ3n) is 7.18. The molecule has 0 radical (unpaired) electrons. The number of aryl methyl sites for hydroxylation is 3. The minimum atomic E-state index is 0.523. The highest BCUT2D eigenvalue weighted by Crippen LogP contribution is 2.38. The molecule has 1 atom stereocenters. The molecule has 2 aromatic rings. The number of benzene rings is 2. The van der Waals surface area contributed by atoms with E-state index >= 15 is 0 Å². The van der Waals surface area contributed by atoms with Crippen LogP contribution in [-0.2, 0) is 12.8 Å². The van der Waals surface area contributed by atoms with Crippen LogP contribution >= 0.6 is 0 Å². The Kier molecular flexibility index (Phi) is 13.6. The van der Waals surface area contributed by atoms with E-state index < -0.39 is 0 Å². The highest BCUT2D eigenvalue weighted by Gasteiger charge is 2.19. The fourth-order valence-electron chi connectivity index (χ4n) is 4.81. The Hall–Kier alpha value is -2.41. The van der Waals surface area contributed by atoms with E-state index in [4.69, 9.17) is 0 Å². The van der Waals surface area contributed by atoms with Crippen molar-refractivity contribution in [1.82, 2.24) is 0 Å². The third-order valence-corrected chi connectivity index (χ3v) is 7.18. The minimum Gasteiger partial charge on any atom is -0.297 e. The van der Waals surface area contributed by atoms with Gasteiger partial charge in [-0.3, -0.25) is 4.99 Å². The van der Waals surface area contributed by atoms with Crippen molar-refractivity contribution in [1.29, 1.82) is 0 Å². The van der Waals surface area contributed by atoms with Crippen molar-refractivity contribution in [3.63, 3.8) is 0 Å². The highest BCUT2D eigenvalue weighted by molar-refractivity contribution is 5.99. The van der Waals surface area contributed by atoms with E-state index in [0.717, 1.165) is 38.5 Å². The van der Waals surface area contributed by atoms with Crippen LogP contribution < -0.4 is 0 Å². The summed E-state index contributed by atoms with van der Waals surface area (Å²) in [6.07, 6.45) is 6.14. The van der Waals surface area contributed by atoms with Gasteiger partial charge in [-0.25, -0.2) is 0 Å². The van der Waals surface area contributed by atoms with Crippen LogP contribution in [0.3, 0.4) is 0 Å². The normalized spacial score (nSPS) is 13.0. The molecule has 0 saturated carbocycles. The standard InChI is InChI=1S/C32H45N.C2H6/c1-10-23(6)31(33-9)19-14-24(7)32(30-21-22(5)20-27(12-3)25(30)8)29(13-4)28-17-15-26(11-2)16-18-28;1-2/h15-18,20-21,23H,7,10-14,19H2,1-6,8-9H3;1-2H3/b32-29+,33-31?;. The lowest BCUT2D eigenvalue weighted by Gasteiger charge is -2.23. The molecule has 0 aromatic heterocycles. The number of nitrogens with zero attached hydrogens (tertiary/aromatic N) is 1. The molecule has 2 aromatic carbocycles. The lowest BCUT2D eigenvalue weighted by molar-refractivity contribution is 0.717. The average Bonchev–Trinajstić information content (AvgIpc) is 2.89. The Labute approximate surface area is 217 Å². The van der Waals surface area contributed by atoms with E-state index in [-0.39, 0.29) is 0 Å². The Balaban J connectivity index is 0.00000298. The molecule has 0 heterocycles. The van der Waals surface area contributed by atoms with Gasteiger partial charge >= 0.3 is 0 Å². The first kappa shape index (κ1) is 30.6. The van der Waals surface area contributed by atoms with E-state index in [1.165, 1.54) is 55.8 Å². The maximum absolute atomic E-state index is 4.66. The van der Waals surface area contributed by atoms with Crippen molar-refractivity contribution in [2.75, 3.05) is 7.05 Å². The summed E-state index contributed by atoms with van der Waals surface area (Å²) < 4.78 is 0. The van der Waals surface area contributed by atoms with Crippen LogP contribution in [0.2, 0.25) is 0 Å². The molecular formula is C34H51N. The van der Waals surface area contributed by atoms with Crippen LogP contribution in [0.4, 0.5) is 0 Å². The van der Waals surface area contributed by atoms with Crippen LogP contribution in [0.1, 0.15) is 108 Å². The molecular weight excluding hydrogens is 422 g/mol. The van der Waals surface area contributed by atoms with Gasteiger partial charge in [0.15, 0.2) is 0 Å². The quantitative estimate of drug-likeness (QED) is 0.175. The van der Waals surface area contributed by atoms with Crippen molar-refractivity contribution in [3.05, 3.63) is 81.9 Å². The molecule has 0 saturated heterocycles. The molecule has 0 aliphatic carbocycles. The Bertz CT molecular complexity index is 1000. The summed E-state index contributed by atoms with van der Waals surface area (Å²) in [5.74, 6) is 0.523. The summed E-state index contributed by atoms with van der Waals surface area (Å²) in [7, 11) is 1.94. The van der Waals surface area contributed by atoms with Crippen molar-refractivity contribution < 1.29 is 0 Å². The summed E-state index contributed by atoms with van der Waals surface area (Å²) in [6.45, 7) is 24.4. The van der Waals surface area contributed by atoms with Gasteiger partial charge in [-0.2, -0.15) is 0 Å². The van der Waals surface area contributed by atoms with E-state index in [2.05, 4.69) is 96.4 Å². The van der Waals surface area contributed by atoms with E-state index in [0.29, 0.717) is 5.92 Å². The third kappa shape index (κ3) is 8.06. The van der Waals surface area contributed by atoms with Crippen molar-refractivity contribution in [2.45, 2.75) is 101 Å². The zero-order chi connectivity index (χ0) is 26.5. The monoisotopic (exact) mass is 473 g/mol. The summed E-state index contributed by atoms with van der Waals surface area (Å²) in [6, 6.07) is 13.9. The number of hydrogen-bond donors (Lipinski definition) is 0. The largest absolute Gasteiger partial charge is 0.297 e. The molecule has 0 N–H and O–H groups in total. The number of rotatable bonds is 11. The molecule has 192 valence electrons. The van der Waals surface area contributed by atoms with Gasteiger partial charge in [0.05, 0.1) is 0 Å². The first-order valence-corrected chi connectivity index (χ1v) is 13.9. The fourth-order valence-corrected chi connectivity index (χ4v) is 4.81. The van der Waals surface area contributed by atoms with Gasteiger partial charge in [-0.15, -0.1) is 0 Å². The summed E-state index contributed by atoms with van der Waals surface area (Å²) in [5, 5.41) is 0. The summed E-state index contributed by atoms with van der Waals surface area (Å²) in [5.41, 5.74) is 13.5. The topological polar surface area (TPSA) is 12.4 Å². The lowest BCUT2D eigenvalue weighted by atomic mass is 9.82. The second-order valence-corrected chi connectivity index (χ2v) is 9.34. The van der Waals surface area contributed by atoms with Crippen LogP contribution in [-0.4, -0.2) is 12.8 Å². The Morgan fingerprint density at radius 3 is 2.03 bits per heavy atom. The van der Waals surface area contributed by atoms with Crippen molar-refractivity contribution >= 4 is 16.9 Å². The zero-order valence-corrected chi connectivity index (χ0v) is 24.4. The van der Waals surface area contributed by atoms with Crippen LogP contribution in [0.15, 0.2) is 53.5 Å². The molecule has 2 rings (SSSR count). The van der Waals surface area contributed by atoms with E-state index in [1.807, 2.05) is 20.9 Å². The molecule has 1 heteroatoms. The molecule has 0 aliphatic rings. The molecule has 1 nitrogen and oxygen atoms in total. The molecule has 35 heavy (non-hydrogen) atoms. The van der Waals surface area contributed by atoms with Gasteiger partial charge in [0.2, 0.25) is 0 Å². The molecule has 0 aliphatic heterocycles. The highest BCUT2D eigenvalue weighted by atomic mass is 14.7. The average molecular weight is 474 g/mol. The van der Waals surface area contributed by atoms with E-state index in [9.17, 15) is 0 Å². The van der Waals surface area contributed by atoms with E-state index in [1.54, 1.807) is 0 Å². The van der Waals surface area contributed by atoms with Crippen LogP contribution in [0, 0.1) is 19.8 Å². The zero-order valence-electron chi connectivity index (χ0n) is 24.4. The minimum absolute atomic E-state index is 0.523. The number of hydrogen-bond acceptors (Lipinski definition) is 1. The molecule has 0 spiro atoms. The second kappa shape index (κ2) is 15.6. The molecule has 0 bridgehead atoms. The smallest absolute Gasteiger partial charge is 0.0276 e. The lowest BCUT2D eigenvalue weighted by Crippen LogP contribution is -2.11. The Morgan fingerprint density at radius 2 is 1.54 bits per heavy atom. The fraction of sp³-hybridized carbons (Fsp3) is 0.500. The van der Waals surface area contributed by atoms with Gasteiger partial charge < -0.3 is 0 Å². The maximum Gasteiger partial charge on any atom is 0.0276 e. The van der Waals surface area contributed by atoms with Gasteiger partial charge in [-0.1, -0.05) is 97.0 Å². The summed E-state index contributed by atoms with van der Waals surface area (Å²) >= 11 is 0. The number of aliphatic imine (C=N–C) groups is 1. The van der Waals surface area contributed by atoms with Crippen LogP contribution in [0.25, 0.3) is 11.1 Å². The van der Waals surface area contributed by atoms with Gasteiger partial charge in [0.25, 0.3) is 0 Å². The second-order valence-electron chi connectivity index (χ2n) is 9.34. The maximum atomic E-state index is 4.66. The predicted octanol–water partition coefficient (Wildman–Crippen LogP) is 10.2. The summed E-state index contributed by atoms with van der Waals surface area (Å²) in [4.78, 5) is 4.62. The van der Waals surface area contributed by atoms with Gasteiger partial charge in [0, 0.05) is 12.8 Å². The number of allylic oxidation sites excluding steroid dienone is 3. The Morgan fingerprint density at radius 1 is 0.914 bits per heavy atom. The van der Waals surface area contributed by atoms with Crippen LogP contribution in [0.5, 0.6) is 0 Å². The SMILES string of the molecule is C=C(CCC(=NC)C(C)CC)/C(=C(/CC)c1ccc(CC)cc1)c1cc(C)cc(CC)c1C.CC. The predicted molar refractivity (Wildman–Crippen MR) is 161 cm³/mol. The molecule has 0 fully saturated rings. The van der Waals surface area contributed by atoms with Gasteiger partial charge in [-0.05, 0) is 103 Å². The van der Waals surface area contributed by atoms with Crippen molar-refractivity contribution in [3.8, 4) is 0 Å². The first-order valence-electron chi connectivity index (χ1n) is 13.9. The molecule has 0 amide bonds. The van der Waals surface area contributed by atoms with Crippen molar-refractivity contribution in [2.24, 2.45) is 10.9 Å². The molecule has 1 unspecified atom stereocenters. The first-order chi connectivity index (χ1) is 16.8. The van der Waals surface area contributed by atoms with Gasteiger partial charge in [0.1, 0.15) is 0 Å².